The van der Waals surface area contributed by atoms with Gasteiger partial charge in [0.25, 0.3) is 0 Å². The van der Waals surface area contributed by atoms with Gasteiger partial charge in [-0.05, 0) is 55.2 Å². The second-order valence-electron chi connectivity index (χ2n) is 9.32. The molecule has 0 saturated carbocycles. The summed E-state index contributed by atoms with van der Waals surface area (Å²) in [5.41, 5.74) is 1.90. The lowest BCUT2D eigenvalue weighted by Crippen LogP contribution is -2.49. The molecule has 0 saturated heterocycles. The maximum Gasteiger partial charge on any atom is 0.573 e. The summed E-state index contributed by atoms with van der Waals surface area (Å²) in [5, 5.41) is 10.3. The molecule has 3 aromatic rings. The number of fused-ring (bicyclic) bond motifs is 1. The number of benzene rings is 2. The summed E-state index contributed by atoms with van der Waals surface area (Å²) in [7, 11) is 0. The summed E-state index contributed by atoms with van der Waals surface area (Å²) in [6.45, 7) is 11.9. The van der Waals surface area contributed by atoms with E-state index >= 15 is 0 Å². The van der Waals surface area contributed by atoms with Crippen molar-refractivity contribution in [2.45, 2.75) is 65.4 Å². The summed E-state index contributed by atoms with van der Waals surface area (Å²) < 4.78 is 43.8. The molecule has 0 bridgehead atoms. The number of alkyl halides is 3. The standard InChI is InChI=1S/C22H27F3N4O/c1-20(2,3)16-12-11-15(19(13-16)30-22(23,24)25)14-28(21(4,5)6)29-18-10-8-7-9-17(18)26-27-29/h7-13H,14H2,1-6H3. The fraction of sp³-hybridized carbons (Fsp3) is 0.455. The topological polar surface area (TPSA) is 43.2 Å². The molecule has 0 fully saturated rings. The Morgan fingerprint density at radius 2 is 1.63 bits per heavy atom. The molecule has 0 aliphatic rings. The summed E-state index contributed by atoms with van der Waals surface area (Å²) >= 11 is 0. The van der Waals surface area contributed by atoms with E-state index in [9.17, 15) is 13.2 Å². The van der Waals surface area contributed by atoms with E-state index in [1.807, 2.05) is 76.9 Å². The molecule has 0 N–H and O–H groups in total. The first-order chi connectivity index (χ1) is 13.8. The van der Waals surface area contributed by atoms with Crippen LogP contribution in [0.5, 0.6) is 5.75 Å². The Balaban J connectivity index is 2.08. The van der Waals surface area contributed by atoms with Crippen LogP contribution in [0, 0.1) is 0 Å². The lowest BCUT2D eigenvalue weighted by Gasteiger charge is -2.37. The summed E-state index contributed by atoms with van der Waals surface area (Å²) in [6, 6.07) is 12.5. The molecular weight excluding hydrogens is 393 g/mol. The zero-order valence-corrected chi connectivity index (χ0v) is 18.1. The van der Waals surface area contributed by atoms with Crippen molar-refractivity contribution in [1.29, 1.82) is 0 Å². The summed E-state index contributed by atoms with van der Waals surface area (Å²) in [5.74, 6) is -0.200. The van der Waals surface area contributed by atoms with E-state index in [1.54, 1.807) is 10.9 Å². The van der Waals surface area contributed by atoms with Gasteiger partial charge in [-0.25, -0.2) is 0 Å². The molecule has 0 radical (unpaired) electrons. The number of hydrogen-bond donors (Lipinski definition) is 0. The molecule has 3 rings (SSSR count). The van der Waals surface area contributed by atoms with Gasteiger partial charge < -0.3 is 4.74 Å². The van der Waals surface area contributed by atoms with Crippen molar-refractivity contribution in [3.05, 3.63) is 53.6 Å². The van der Waals surface area contributed by atoms with E-state index in [0.29, 0.717) is 11.1 Å². The molecule has 1 aromatic heterocycles. The molecule has 8 heteroatoms. The first-order valence-corrected chi connectivity index (χ1v) is 9.73. The van der Waals surface area contributed by atoms with Gasteiger partial charge in [-0.1, -0.05) is 45.0 Å². The number of halogens is 3. The van der Waals surface area contributed by atoms with E-state index in [-0.39, 0.29) is 17.7 Å². The van der Waals surface area contributed by atoms with Crippen LogP contribution in [0.3, 0.4) is 0 Å². The monoisotopic (exact) mass is 420 g/mol. The third-order valence-electron chi connectivity index (χ3n) is 4.82. The number of nitrogens with zero attached hydrogens (tertiary/aromatic N) is 4. The van der Waals surface area contributed by atoms with Crippen LogP contribution < -0.4 is 9.75 Å². The van der Waals surface area contributed by atoms with Crippen LogP contribution in [0.4, 0.5) is 13.2 Å². The number of rotatable bonds is 4. The van der Waals surface area contributed by atoms with Crippen molar-refractivity contribution >= 4 is 11.0 Å². The first kappa shape index (κ1) is 21.9. The fourth-order valence-electron chi connectivity index (χ4n) is 3.16. The highest BCUT2D eigenvalue weighted by molar-refractivity contribution is 5.74. The highest BCUT2D eigenvalue weighted by atomic mass is 19.4. The van der Waals surface area contributed by atoms with Crippen LogP contribution in [0.15, 0.2) is 42.5 Å². The molecule has 1 heterocycles. The Hall–Kier alpha value is -2.77. The first-order valence-electron chi connectivity index (χ1n) is 9.73. The van der Waals surface area contributed by atoms with E-state index in [0.717, 1.165) is 11.1 Å². The van der Waals surface area contributed by atoms with Gasteiger partial charge in [0.15, 0.2) is 0 Å². The summed E-state index contributed by atoms with van der Waals surface area (Å²) in [6.07, 6.45) is -4.78. The van der Waals surface area contributed by atoms with Gasteiger partial charge in [0.1, 0.15) is 16.8 Å². The lowest BCUT2D eigenvalue weighted by molar-refractivity contribution is -0.274. The Labute approximate surface area is 174 Å². The largest absolute Gasteiger partial charge is 0.573 e. The van der Waals surface area contributed by atoms with Crippen molar-refractivity contribution in [1.82, 2.24) is 15.1 Å². The molecule has 0 amide bonds. The second kappa shape index (κ2) is 7.49. The molecule has 0 unspecified atom stereocenters. The lowest BCUT2D eigenvalue weighted by atomic mass is 9.86. The maximum absolute atomic E-state index is 13.1. The SMILES string of the molecule is CC(C)(C)c1ccc(CN(n2nnc3ccccc32)C(C)(C)C)c(OC(F)(F)F)c1. The van der Waals surface area contributed by atoms with Crippen molar-refractivity contribution in [2.24, 2.45) is 0 Å². The molecule has 0 atom stereocenters. The van der Waals surface area contributed by atoms with Crippen LogP contribution in [-0.2, 0) is 12.0 Å². The van der Waals surface area contributed by atoms with E-state index < -0.39 is 11.9 Å². The smallest absolute Gasteiger partial charge is 0.405 e. The van der Waals surface area contributed by atoms with E-state index in [1.165, 1.54) is 6.07 Å². The predicted molar refractivity (Wildman–Crippen MR) is 111 cm³/mol. The molecular formula is C22H27F3N4O. The van der Waals surface area contributed by atoms with Crippen LogP contribution in [-0.4, -0.2) is 27.0 Å². The molecule has 162 valence electrons. The molecule has 0 aliphatic carbocycles. The van der Waals surface area contributed by atoms with Crippen molar-refractivity contribution < 1.29 is 17.9 Å². The zero-order valence-electron chi connectivity index (χ0n) is 18.1. The molecule has 30 heavy (non-hydrogen) atoms. The van der Waals surface area contributed by atoms with Gasteiger partial charge in [-0.3, -0.25) is 5.01 Å². The predicted octanol–water partition coefficient (Wildman–Crippen LogP) is 5.56. The van der Waals surface area contributed by atoms with Crippen molar-refractivity contribution in [3.63, 3.8) is 0 Å². The average Bonchev–Trinajstić information content (AvgIpc) is 3.01. The molecule has 2 aromatic carbocycles. The normalized spacial score (nSPS) is 13.0. The molecule has 0 spiro atoms. The van der Waals surface area contributed by atoms with Gasteiger partial charge in [-0.15, -0.1) is 18.3 Å². The van der Waals surface area contributed by atoms with Gasteiger partial charge >= 0.3 is 6.36 Å². The van der Waals surface area contributed by atoms with Crippen LogP contribution >= 0.6 is 0 Å². The van der Waals surface area contributed by atoms with Gasteiger partial charge in [0, 0.05) is 11.1 Å². The highest BCUT2D eigenvalue weighted by Gasteiger charge is 2.34. The van der Waals surface area contributed by atoms with Crippen molar-refractivity contribution in [2.75, 3.05) is 5.01 Å². The third kappa shape index (κ3) is 4.86. The zero-order chi connectivity index (χ0) is 22.3. The van der Waals surface area contributed by atoms with Crippen molar-refractivity contribution in [3.8, 4) is 5.75 Å². The summed E-state index contributed by atoms with van der Waals surface area (Å²) in [4.78, 5) is 1.64. The Bertz CT molecular complexity index is 1030. The van der Waals surface area contributed by atoms with Gasteiger partial charge in [0.05, 0.1) is 6.54 Å². The highest BCUT2D eigenvalue weighted by Crippen LogP contribution is 2.33. The van der Waals surface area contributed by atoms with Gasteiger partial charge in [0.2, 0.25) is 0 Å². The minimum absolute atomic E-state index is 0.159. The molecule has 0 aliphatic heterocycles. The van der Waals surface area contributed by atoms with Gasteiger partial charge in [-0.2, -0.15) is 4.79 Å². The Morgan fingerprint density at radius 3 is 2.23 bits per heavy atom. The number of hydrogen-bond acceptors (Lipinski definition) is 4. The number of aromatic nitrogens is 3. The van der Waals surface area contributed by atoms with Crippen LogP contribution in [0.1, 0.15) is 52.7 Å². The van der Waals surface area contributed by atoms with E-state index in [4.69, 9.17) is 0 Å². The number of para-hydroxylation sites is 1. The molecule has 5 nitrogen and oxygen atoms in total. The quantitative estimate of drug-likeness (QED) is 0.554. The second-order valence-corrected chi connectivity index (χ2v) is 9.32. The van der Waals surface area contributed by atoms with Crippen LogP contribution in [0.2, 0.25) is 0 Å². The Morgan fingerprint density at radius 1 is 0.967 bits per heavy atom. The average molecular weight is 420 g/mol. The minimum atomic E-state index is -4.78. The number of ether oxygens (including phenoxy) is 1. The van der Waals surface area contributed by atoms with E-state index in [2.05, 4.69) is 15.0 Å². The van der Waals surface area contributed by atoms with Crippen LogP contribution in [0.25, 0.3) is 11.0 Å². The Kier molecular flexibility index (Phi) is 5.47. The third-order valence-corrected chi connectivity index (χ3v) is 4.82. The fourth-order valence-corrected chi connectivity index (χ4v) is 3.16. The minimum Gasteiger partial charge on any atom is -0.405 e. The maximum atomic E-state index is 13.1.